The van der Waals surface area contributed by atoms with Crippen molar-refractivity contribution in [2.75, 3.05) is 18.5 Å². The van der Waals surface area contributed by atoms with Gasteiger partial charge in [0, 0.05) is 24.5 Å². The quantitative estimate of drug-likeness (QED) is 0.915. The third-order valence-electron chi connectivity index (χ3n) is 4.00. The summed E-state index contributed by atoms with van der Waals surface area (Å²) in [6.07, 6.45) is 3.42. The lowest BCUT2D eigenvalue weighted by molar-refractivity contribution is 0.623. The van der Waals surface area contributed by atoms with Gasteiger partial charge in [0.2, 0.25) is 0 Å². The number of anilines is 2. The summed E-state index contributed by atoms with van der Waals surface area (Å²) < 4.78 is 13.9. The van der Waals surface area contributed by atoms with Crippen LogP contribution in [0.25, 0.3) is 0 Å². The average molecular weight is 284 g/mol. The summed E-state index contributed by atoms with van der Waals surface area (Å²) in [5.41, 5.74) is 4.51. The molecule has 1 aliphatic heterocycles. The Labute approximate surface area is 125 Å². The zero-order chi connectivity index (χ0) is 14.7. The van der Waals surface area contributed by atoms with Crippen molar-refractivity contribution in [1.82, 2.24) is 5.32 Å². The fourth-order valence-corrected chi connectivity index (χ4v) is 3.05. The molecule has 0 atom stereocenters. The van der Waals surface area contributed by atoms with Crippen molar-refractivity contribution in [3.63, 3.8) is 0 Å². The number of benzene rings is 2. The largest absolute Gasteiger partial charge is 0.341 e. The van der Waals surface area contributed by atoms with Crippen LogP contribution in [0, 0.1) is 5.82 Å². The molecule has 0 radical (unpaired) electrons. The summed E-state index contributed by atoms with van der Waals surface area (Å²) >= 11 is 0. The van der Waals surface area contributed by atoms with Crippen LogP contribution in [-0.2, 0) is 13.0 Å². The summed E-state index contributed by atoms with van der Waals surface area (Å²) in [6.45, 7) is 1.62. The van der Waals surface area contributed by atoms with E-state index in [9.17, 15) is 4.39 Å². The SMILES string of the molecule is CNCc1cc(F)cc(N2CCCCc3ccccc32)c1. The number of hydrogen-bond acceptors (Lipinski definition) is 2. The maximum Gasteiger partial charge on any atom is 0.125 e. The first-order valence-corrected chi connectivity index (χ1v) is 7.57. The predicted molar refractivity (Wildman–Crippen MR) is 85.5 cm³/mol. The van der Waals surface area contributed by atoms with Crippen molar-refractivity contribution in [3.05, 3.63) is 59.4 Å². The molecule has 1 aliphatic rings. The molecule has 2 aromatic rings. The van der Waals surface area contributed by atoms with E-state index in [0.29, 0.717) is 6.54 Å². The normalized spacial score (nSPS) is 14.7. The molecular weight excluding hydrogens is 263 g/mol. The molecule has 3 heteroatoms. The van der Waals surface area contributed by atoms with Gasteiger partial charge in [-0.2, -0.15) is 0 Å². The minimum Gasteiger partial charge on any atom is -0.341 e. The van der Waals surface area contributed by atoms with E-state index < -0.39 is 0 Å². The second-order valence-electron chi connectivity index (χ2n) is 5.59. The van der Waals surface area contributed by atoms with Gasteiger partial charge in [-0.25, -0.2) is 4.39 Å². The molecule has 2 nitrogen and oxygen atoms in total. The van der Waals surface area contributed by atoms with Crippen LogP contribution in [0.1, 0.15) is 24.0 Å². The number of halogens is 1. The number of hydrogen-bond donors (Lipinski definition) is 1. The molecule has 0 aliphatic carbocycles. The number of para-hydroxylation sites is 1. The van der Waals surface area contributed by atoms with Crippen molar-refractivity contribution < 1.29 is 4.39 Å². The Morgan fingerprint density at radius 1 is 1.14 bits per heavy atom. The van der Waals surface area contributed by atoms with Crippen LogP contribution in [0.3, 0.4) is 0 Å². The molecule has 0 saturated carbocycles. The highest BCUT2D eigenvalue weighted by molar-refractivity contribution is 5.67. The summed E-state index contributed by atoms with van der Waals surface area (Å²) in [4.78, 5) is 2.25. The summed E-state index contributed by atoms with van der Waals surface area (Å²) in [5, 5.41) is 3.09. The van der Waals surface area contributed by atoms with Crippen LogP contribution >= 0.6 is 0 Å². The van der Waals surface area contributed by atoms with Crippen LogP contribution in [0.4, 0.5) is 15.8 Å². The van der Waals surface area contributed by atoms with E-state index in [-0.39, 0.29) is 5.82 Å². The zero-order valence-electron chi connectivity index (χ0n) is 12.4. The third kappa shape index (κ3) is 3.08. The molecule has 2 aromatic carbocycles. The zero-order valence-corrected chi connectivity index (χ0v) is 12.4. The fraction of sp³-hybridized carbons (Fsp3) is 0.333. The van der Waals surface area contributed by atoms with Gasteiger partial charge in [-0.15, -0.1) is 0 Å². The van der Waals surface area contributed by atoms with Crippen molar-refractivity contribution in [2.45, 2.75) is 25.8 Å². The van der Waals surface area contributed by atoms with Crippen LogP contribution in [0.2, 0.25) is 0 Å². The maximum atomic E-state index is 13.9. The number of aryl methyl sites for hydroxylation is 1. The molecule has 0 unspecified atom stereocenters. The Morgan fingerprint density at radius 3 is 2.86 bits per heavy atom. The Morgan fingerprint density at radius 2 is 2.00 bits per heavy atom. The maximum absolute atomic E-state index is 13.9. The second-order valence-corrected chi connectivity index (χ2v) is 5.59. The first-order chi connectivity index (χ1) is 10.3. The lowest BCUT2D eigenvalue weighted by Crippen LogP contribution is -2.18. The standard InChI is InChI=1S/C18H21FN2/c1-20-13-14-10-16(19)12-17(11-14)21-9-5-4-7-15-6-2-3-8-18(15)21/h2-3,6,8,10-12,20H,4-5,7,9,13H2,1H3. The molecular formula is C18H21FN2. The van der Waals surface area contributed by atoms with E-state index in [1.54, 1.807) is 12.1 Å². The van der Waals surface area contributed by atoms with Crippen LogP contribution in [0.15, 0.2) is 42.5 Å². The Balaban J connectivity index is 2.03. The highest BCUT2D eigenvalue weighted by Crippen LogP contribution is 2.33. The number of nitrogens with one attached hydrogen (secondary N) is 1. The molecule has 0 amide bonds. The molecule has 0 saturated heterocycles. The topological polar surface area (TPSA) is 15.3 Å². The molecule has 110 valence electrons. The molecule has 3 rings (SSSR count). The van der Waals surface area contributed by atoms with Gasteiger partial charge >= 0.3 is 0 Å². The van der Waals surface area contributed by atoms with Crippen molar-refractivity contribution in [3.8, 4) is 0 Å². The molecule has 1 heterocycles. The molecule has 0 aromatic heterocycles. The lowest BCUT2D eigenvalue weighted by atomic mass is 10.1. The first kappa shape index (κ1) is 14.1. The van der Waals surface area contributed by atoms with Gasteiger partial charge in [0.05, 0.1) is 0 Å². The highest BCUT2D eigenvalue weighted by atomic mass is 19.1. The predicted octanol–water partition coefficient (Wildman–Crippen LogP) is 4.02. The molecule has 0 spiro atoms. The third-order valence-corrected chi connectivity index (χ3v) is 4.00. The van der Waals surface area contributed by atoms with Gasteiger partial charge in [0.15, 0.2) is 0 Å². The van der Waals surface area contributed by atoms with Crippen molar-refractivity contribution >= 4 is 11.4 Å². The summed E-state index contributed by atoms with van der Waals surface area (Å²) in [6, 6.07) is 13.8. The summed E-state index contributed by atoms with van der Waals surface area (Å²) in [5.74, 6) is -0.167. The Kier molecular flexibility index (Phi) is 4.20. The smallest absolute Gasteiger partial charge is 0.125 e. The van der Waals surface area contributed by atoms with E-state index in [1.165, 1.54) is 17.7 Å². The van der Waals surface area contributed by atoms with Crippen molar-refractivity contribution in [2.24, 2.45) is 0 Å². The molecule has 1 N–H and O–H groups in total. The second kappa shape index (κ2) is 6.27. The number of fused-ring (bicyclic) bond motifs is 1. The molecule has 0 fully saturated rings. The monoisotopic (exact) mass is 284 g/mol. The van der Waals surface area contributed by atoms with Gasteiger partial charge in [-0.3, -0.25) is 0 Å². The Bertz CT molecular complexity index is 624. The molecule has 0 bridgehead atoms. The van der Waals surface area contributed by atoms with E-state index in [2.05, 4.69) is 40.5 Å². The van der Waals surface area contributed by atoms with Crippen LogP contribution in [0.5, 0.6) is 0 Å². The van der Waals surface area contributed by atoms with E-state index in [4.69, 9.17) is 0 Å². The first-order valence-electron chi connectivity index (χ1n) is 7.57. The minimum absolute atomic E-state index is 0.167. The van der Waals surface area contributed by atoms with E-state index >= 15 is 0 Å². The number of rotatable bonds is 3. The van der Waals surface area contributed by atoms with Gasteiger partial charge < -0.3 is 10.2 Å². The fourth-order valence-electron chi connectivity index (χ4n) is 3.05. The summed E-state index contributed by atoms with van der Waals surface area (Å²) in [7, 11) is 1.88. The number of nitrogens with zero attached hydrogens (tertiary/aromatic N) is 1. The average Bonchev–Trinajstić information content (AvgIpc) is 2.69. The van der Waals surface area contributed by atoms with Crippen molar-refractivity contribution in [1.29, 1.82) is 0 Å². The van der Waals surface area contributed by atoms with Gasteiger partial charge in [0.1, 0.15) is 5.82 Å². The van der Waals surface area contributed by atoms with Crippen LogP contribution in [-0.4, -0.2) is 13.6 Å². The lowest BCUT2D eigenvalue weighted by Gasteiger charge is -2.25. The van der Waals surface area contributed by atoms with E-state index in [0.717, 1.165) is 30.6 Å². The molecule has 21 heavy (non-hydrogen) atoms. The Hall–Kier alpha value is -1.87. The van der Waals surface area contributed by atoms with E-state index in [1.807, 2.05) is 7.05 Å². The van der Waals surface area contributed by atoms with Gasteiger partial charge in [0.25, 0.3) is 0 Å². The van der Waals surface area contributed by atoms with Crippen LogP contribution < -0.4 is 10.2 Å². The van der Waals surface area contributed by atoms with Gasteiger partial charge in [-0.05, 0) is 61.7 Å². The van der Waals surface area contributed by atoms with Gasteiger partial charge in [-0.1, -0.05) is 18.2 Å². The highest BCUT2D eigenvalue weighted by Gasteiger charge is 2.17. The minimum atomic E-state index is -0.167.